The summed E-state index contributed by atoms with van der Waals surface area (Å²) in [7, 11) is 0. The zero-order chi connectivity index (χ0) is 14.5. The van der Waals surface area contributed by atoms with E-state index in [1.165, 1.54) is 24.8 Å². The van der Waals surface area contributed by atoms with Crippen LogP contribution < -0.4 is 5.32 Å². The van der Waals surface area contributed by atoms with Crippen LogP contribution in [-0.2, 0) is 0 Å². The van der Waals surface area contributed by atoms with E-state index in [9.17, 15) is 10.1 Å². The Morgan fingerprint density at radius 3 is 2.90 bits per heavy atom. The second-order valence-electron chi connectivity index (χ2n) is 3.78. The first-order chi connectivity index (χ1) is 9.67. The molecule has 8 nitrogen and oxygen atoms in total. The molecule has 100 valence electrons. The molecule has 2 aromatic rings. The van der Waals surface area contributed by atoms with Gasteiger partial charge in [0.1, 0.15) is 12.4 Å². The third-order valence-corrected chi connectivity index (χ3v) is 2.49. The average Bonchev–Trinajstić information content (AvgIpc) is 2.47. The molecule has 0 aromatic carbocycles. The Morgan fingerprint density at radius 1 is 1.45 bits per heavy atom. The Kier molecular flexibility index (Phi) is 3.81. The summed E-state index contributed by atoms with van der Waals surface area (Å²) in [5.41, 5.74) is 0.606. The lowest BCUT2D eigenvalue weighted by atomic mass is 10.1. The molecule has 0 aliphatic heterocycles. The number of nitro groups is 1. The van der Waals surface area contributed by atoms with E-state index in [0.717, 1.165) is 0 Å². The average molecular weight is 270 g/mol. The summed E-state index contributed by atoms with van der Waals surface area (Å²) in [6.45, 7) is 2.30. The van der Waals surface area contributed by atoms with Gasteiger partial charge in [-0.15, -0.1) is 0 Å². The Hall–Kier alpha value is -3.08. The number of hydrogen-bond acceptors (Lipinski definition) is 7. The number of anilines is 1. The second kappa shape index (κ2) is 5.71. The molecular weight excluding hydrogens is 260 g/mol. The summed E-state index contributed by atoms with van der Waals surface area (Å²) in [4.78, 5) is 22.4. The van der Waals surface area contributed by atoms with Crippen LogP contribution in [0.5, 0.6) is 0 Å². The predicted molar refractivity (Wildman–Crippen MR) is 70.8 cm³/mol. The molecule has 0 aliphatic rings. The van der Waals surface area contributed by atoms with Crippen molar-refractivity contribution in [1.29, 1.82) is 5.26 Å². The van der Waals surface area contributed by atoms with Crippen molar-refractivity contribution in [3.05, 3.63) is 40.5 Å². The van der Waals surface area contributed by atoms with Crippen LogP contribution in [0.4, 0.5) is 11.5 Å². The molecule has 0 amide bonds. The molecule has 0 saturated carbocycles. The lowest BCUT2D eigenvalue weighted by Gasteiger charge is -2.06. The van der Waals surface area contributed by atoms with Crippen LogP contribution in [-0.4, -0.2) is 26.4 Å². The molecule has 2 heterocycles. The zero-order valence-electron chi connectivity index (χ0n) is 10.6. The number of pyridine rings is 1. The zero-order valence-corrected chi connectivity index (χ0v) is 10.6. The highest BCUT2D eigenvalue weighted by atomic mass is 16.6. The number of nitrogens with one attached hydrogen (secondary N) is 1. The van der Waals surface area contributed by atoms with E-state index in [4.69, 9.17) is 5.26 Å². The van der Waals surface area contributed by atoms with E-state index in [-0.39, 0.29) is 17.2 Å². The first kappa shape index (κ1) is 13.4. The lowest BCUT2D eigenvalue weighted by molar-refractivity contribution is -0.383. The molecule has 0 spiro atoms. The number of hydrogen-bond donors (Lipinski definition) is 1. The van der Waals surface area contributed by atoms with Gasteiger partial charge in [0.2, 0.25) is 5.82 Å². The third kappa shape index (κ3) is 2.51. The molecular formula is C12H10N6O2. The van der Waals surface area contributed by atoms with Gasteiger partial charge in [0.05, 0.1) is 10.5 Å². The molecule has 0 radical (unpaired) electrons. The van der Waals surface area contributed by atoms with Crippen LogP contribution in [0.2, 0.25) is 0 Å². The van der Waals surface area contributed by atoms with Crippen molar-refractivity contribution >= 4 is 11.5 Å². The van der Waals surface area contributed by atoms with Crippen LogP contribution in [0.1, 0.15) is 12.5 Å². The molecule has 0 fully saturated rings. The Morgan fingerprint density at radius 2 is 2.25 bits per heavy atom. The van der Waals surface area contributed by atoms with E-state index in [0.29, 0.717) is 17.7 Å². The van der Waals surface area contributed by atoms with Gasteiger partial charge in [-0.2, -0.15) is 5.26 Å². The lowest BCUT2D eigenvalue weighted by Crippen LogP contribution is -2.06. The monoisotopic (exact) mass is 270 g/mol. The molecule has 1 N–H and O–H groups in total. The van der Waals surface area contributed by atoms with Crippen molar-refractivity contribution in [3.8, 4) is 17.3 Å². The Balaban J connectivity index is 2.64. The number of rotatable bonds is 4. The van der Waals surface area contributed by atoms with Crippen LogP contribution in [0.3, 0.4) is 0 Å². The highest BCUT2D eigenvalue weighted by molar-refractivity contribution is 5.76. The van der Waals surface area contributed by atoms with Gasteiger partial charge in [-0.05, 0) is 13.0 Å². The van der Waals surface area contributed by atoms with Gasteiger partial charge in [0.25, 0.3) is 0 Å². The molecule has 0 atom stereocenters. The molecule has 2 aromatic heterocycles. The molecule has 8 heteroatoms. The standard InChI is InChI=1S/C12H10N6O2/c1-2-15-12-11(18(19)20)10(16-7-17-12)9-3-8(4-13)5-14-6-9/h3,5-7H,2H2,1H3,(H,15,16,17). The SMILES string of the molecule is CCNc1ncnc(-c2cncc(C#N)c2)c1[N+](=O)[O-]. The van der Waals surface area contributed by atoms with Gasteiger partial charge in [-0.1, -0.05) is 0 Å². The van der Waals surface area contributed by atoms with Crippen molar-refractivity contribution in [2.45, 2.75) is 6.92 Å². The smallest absolute Gasteiger partial charge is 0.337 e. The number of nitriles is 1. The van der Waals surface area contributed by atoms with Gasteiger partial charge >= 0.3 is 5.69 Å². The van der Waals surface area contributed by atoms with Crippen molar-refractivity contribution in [2.75, 3.05) is 11.9 Å². The highest BCUT2D eigenvalue weighted by Gasteiger charge is 2.23. The van der Waals surface area contributed by atoms with Crippen molar-refractivity contribution in [1.82, 2.24) is 15.0 Å². The maximum atomic E-state index is 11.2. The normalized spacial score (nSPS) is 9.80. The van der Waals surface area contributed by atoms with E-state index in [1.807, 2.05) is 13.0 Å². The summed E-state index contributed by atoms with van der Waals surface area (Å²) in [6.07, 6.45) is 4.03. The molecule has 0 aliphatic carbocycles. The van der Waals surface area contributed by atoms with Crippen LogP contribution in [0.15, 0.2) is 24.8 Å². The summed E-state index contributed by atoms with van der Waals surface area (Å²) < 4.78 is 0. The number of aromatic nitrogens is 3. The highest BCUT2D eigenvalue weighted by Crippen LogP contribution is 2.32. The fraction of sp³-hybridized carbons (Fsp3) is 0.167. The predicted octanol–water partition coefficient (Wildman–Crippen LogP) is 1.75. The molecule has 20 heavy (non-hydrogen) atoms. The van der Waals surface area contributed by atoms with Crippen molar-refractivity contribution < 1.29 is 4.92 Å². The molecule has 0 unspecified atom stereocenters. The Bertz CT molecular complexity index is 695. The summed E-state index contributed by atoms with van der Waals surface area (Å²) in [6, 6.07) is 3.43. The minimum absolute atomic E-state index is 0.130. The minimum atomic E-state index is -0.549. The van der Waals surface area contributed by atoms with Crippen LogP contribution in [0.25, 0.3) is 11.3 Å². The molecule has 0 saturated heterocycles. The first-order valence-electron chi connectivity index (χ1n) is 5.76. The number of nitrogens with zero attached hydrogens (tertiary/aromatic N) is 5. The second-order valence-corrected chi connectivity index (χ2v) is 3.78. The van der Waals surface area contributed by atoms with Crippen LogP contribution >= 0.6 is 0 Å². The van der Waals surface area contributed by atoms with Gasteiger partial charge in [0.15, 0.2) is 5.69 Å². The fourth-order valence-corrected chi connectivity index (χ4v) is 1.69. The van der Waals surface area contributed by atoms with Gasteiger partial charge in [-0.25, -0.2) is 9.97 Å². The van der Waals surface area contributed by atoms with E-state index in [1.54, 1.807) is 0 Å². The van der Waals surface area contributed by atoms with E-state index < -0.39 is 4.92 Å². The van der Waals surface area contributed by atoms with Crippen LogP contribution in [0, 0.1) is 21.4 Å². The minimum Gasteiger partial charge on any atom is -0.365 e. The van der Waals surface area contributed by atoms with Crippen molar-refractivity contribution in [3.63, 3.8) is 0 Å². The van der Waals surface area contributed by atoms with Crippen molar-refractivity contribution in [2.24, 2.45) is 0 Å². The first-order valence-corrected chi connectivity index (χ1v) is 5.76. The van der Waals surface area contributed by atoms with Gasteiger partial charge in [0, 0.05) is 24.5 Å². The van der Waals surface area contributed by atoms with Gasteiger partial charge in [-0.3, -0.25) is 15.1 Å². The molecule has 2 rings (SSSR count). The fourth-order valence-electron chi connectivity index (χ4n) is 1.69. The summed E-state index contributed by atoms with van der Waals surface area (Å²) in [5, 5.41) is 22.9. The quantitative estimate of drug-likeness (QED) is 0.664. The third-order valence-electron chi connectivity index (χ3n) is 2.49. The van der Waals surface area contributed by atoms with E-state index >= 15 is 0 Å². The summed E-state index contributed by atoms with van der Waals surface area (Å²) in [5.74, 6) is 0.143. The van der Waals surface area contributed by atoms with Gasteiger partial charge < -0.3 is 5.32 Å². The Labute approximate surface area is 114 Å². The topological polar surface area (TPSA) is 118 Å². The maximum absolute atomic E-state index is 11.2. The maximum Gasteiger partial charge on any atom is 0.337 e. The molecule has 0 bridgehead atoms. The largest absolute Gasteiger partial charge is 0.365 e. The summed E-state index contributed by atoms with van der Waals surface area (Å²) >= 11 is 0. The van der Waals surface area contributed by atoms with E-state index in [2.05, 4.69) is 20.3 Å².